The summed E-state index contributed by atoms with van der Waals surface area (Å²) in [5.41, 5.74) is 1.42. The van der Waals surface area contributed by atoms with Gasteiger partial charge in [-0.05, 0) is 20.8 Å². The molecule has 0 saturated carbocycles. The Labute approximate surface area is 129 Å². The average Bonchev–Trinajstić information content (AvgIpc) is 2.78. The van der Waals surface area contributed by atoms with Crippen LogP contribution in [0.4, 0.5) is 5.69 Å². The fourth-order valence-corrected chi connectivity index (χ4v) is 2.45. The number of ether oxygens (including phenoxy) is 2. The predicted molar refractivity (Wildman–Crippen MR) is 86.5 cm³/mol. The number of aromatic nitrogens is 1. The summed E-state index contributed by atoms with van der Waals surface area (Å²) in [5.74, 6) is 0.255. The van der Waals surface area contributed by atoms with Crippen molar-refractivity contribution in [1.82, 2.24) is 4.98 Å². The van der Waals surface area contributed by atoms with Gasteiger partial charge in [0.25, 0.3) is 0 Å². The minimum absolute atomic E-state index is 0.0294. The number of nitrogens with one attached hydrogen (secondary N) is 1. The maximum absolute atomic E-state index is 11.5. The molecule has 0 aliphatic heterocycles. The van der Waals surface area contributed by atoms with E-state index >= 15 is 0 Å². The van der Waals surface area contributed by atoms with Crippen molar-refractivity contribution < 1.29 is 19.4 Å². The van der Waals surface area contributed by atoms with E-state index in [1.165, 1.54) is 0 Å². The van der Waals surface area contributed by atoms with Gasteiger partial charge in [0.15, 0.2) is 0 Å². The molecule has 0 unspecified atom stereocenters. The molecule has 1 aromatic heterocycles. The summed E-state index contributed by atoms with van der Waals surface area (Å²) >= 11 is 0. The van der Waals surface area contributed by atoms with Crippen LogP contribution in [0.15, 0.2) is 12.1 Å². The van der Waals surface area contributed by atoms with Gasteiger partial charge in [0.05, 0.1) is 29.3 Å². The molecule has 2 N–H and O–H groups in total. The molecule has 6 nitrogen and oxygen atoms in total. The highest BCUT2D eigenvalue weighted by Gasteiger charge is 2.23. The Morgan fingerprint density at radius 1 is 1.36 bits per heavy atom. The van der Waals surface area contributed by atoms with E-state index in [9.17, 15) is 9.90 Å². The minimum atomic E-state index is -1.01. The van der Waals surface area contributed by atoms with E-state index in [0.29, 0.717) is 29.3 Å². The van der Waals surface area contributed by atoms with Crippen LogP contribution in [-0.2, 0) is 0 Å². The third-order valence-electron chi connectivity index (χ3n) is 3.14. The van der Waals surface area contributed by atoms with Crippen LogP contribution in [-0.4, -0.2) is 42.9 Å². The third kappa shape index (κ3) is 2.95. The lowest BCUT2D eigenvalue weighted by molar-refractivity contribution is 0.0692. The van der Waals surface area contributed by atoms with Gasteiger partial charge in [-0.15, -0.1) is 0 Å². The quantitative estimate of drug-likeness (QED) is 0.857. The second-order valence-corrected chi connectivity index (χ2v) is 5.49. The zero-order valence-electron chi connectivity index (χ0n) is 13.6. The number of aromatic amines is 1. The molecule has 0 aliphatic carbocycles. The first-order valence-corrected chi connectivity index (χ1v) is 7.24. The van der Waals surface area contributed by atoms with Crippen molar-refractivity contribution in [2.45, 2.75) is 26.9 Å². The van der Waals surface area contributed by atoms with Gasteiger partial charge in [-0.2, -0.15) is 0 Å². The summed E-state index contributed by atoms with van der Waals surface area (Å²) in [5, 5.41) is 10.2. The van der Waals surface area contributed by atoms with E-state index in [-0.39, 0.29) is 11.8 Å². The van der Waals surface area contributed by atoms with Gasteiger partial charge in [-0.3, -0.25) is 0 Å². The van der Waals surface area contributed by atoms with Crippen molar-refractivity contribution in [3.8, 4) is 11.5 Å². The van der Waals surface area contributed by atoms with Crippen LogP contribution < -0.4 is 14.4 Å². The Bertz CT molecular complexity index is 689. The highest BCUT2D eigenvalue weighted by atomic mass is 16.5. The first-order chi connectivity index (χ1) is 10.3. The topological polar surface area (TPSA) is 74.8 Å². The van der Waals surface area contributed by atoms with Crippen molar-refractivity contribution >= 4 is 22.6 Å². The van der Waals surface area contributed by atoms with Crippen molar-refractivity contribution in [1.29, 1.82) is 0 Å². The molecule has 0 aliphatic rings. The van der Waals surface area contributed by atoms with Gasteiger partial charge < -0.3 is 24.5 Å². The molecule has 6 heteroatoms. The number of rotatable bonds is 6. The zero-order chi connectivity index (χ0) is 16.4. The molecular formula is C16H22N2O4. The number of anilines is 1. The number of nitrogens with zero attached hydrogens (tertiary/aromatic N) is 1. The average molecular weight is 306 g/mol. The molecule has 120 valence electrons. The van der Waals surface area contributed by atoms with Crippen molar-refractivity contribution in [2.24, 2.45) is 0 Å². The first-order valence-electron chi connectivity index (χ1n) is 7.24. The maximum Gasteiger partial charge on any atom is 0.354 e. The van der Waals surface area contributed by atoms with Gasteiger partial charge in [-0.25, -0.2) is 4.79 Å². The van der Waals surface area contributed by atoms with Crippen LogP contribution in [0.5, 0.6) is 11.5 Å². The molecule has 0 atom stereocenters. The summed E-state index contributed by atoms with van der Waals surface area (Å²) < 4.78 is 11.4. The van der Waals surface area contributed by atoms with E-state index in [1.807, 2.05) is 34.9 Å². The molecule has 2 aromatic rings. The Morgan fingerprint density at radius 3 is 2.55 bits per heavy atom. The lowest BCUT2D eigenvalue weighted by Crippen LogP contribution is -2.13. The molecule has 22 heavy (non-hydrogen) atoms. The van der Waals surface area contributed by atoms with Gasteiger partial charge in [0, 0.05) is 26.2 Å². The Morgan fingerprint density at radius 2 is 2.05 bits per heavy atom. The second kappa shape index (κ2) is 6.17. The summed E-state index contributed by atoms with van der Waals surface area (Å²) in [7, 11) is 3.62. The van der Waals surface area contributed by atoms with E-state index in [0.717, 1.165) is 5.39 Å². The zero-order valence-corrected chi connectivity index (χ0v) is 13.6. The summed E-state index contributed by atoms with van der Waals surface area (Å²) in [4.78, 5) is 16.2. The summed E-state index contributed by atoms with van der Waals surface area (Å²) in [6, 6.07) is 3.60. The SMILES string of the molecule is CCOc1cc(OC(C)C)c2c(N(C)C)c(C(=O)O)[nH]c2c1. The van der Waals surface area contributed by atoms with E-state index < -0.39 is 5.97 Å². The number of carbonyl (C=O) groups is 1. The number of carboxylic acid groups (broad SMARTS) is 1. The van der Waals surface area contributed by atoms with Crippen molar-refractivity contribution in [3.05, 3.63) is 17.8 Å². The Kier molecular flexibility index (Phi) is 4.49. The largest absolute Gasteiger partial charge is 0.494 e. The molecular weight excluding hydrogens is 284 g/mol. The van der Waals surface area contributed by atoms with Gasteiger partial charge in [-0.1, -0.05) is 0 Å². The van der Waals surface area contributed by atoms with Crippen LogP contribution in [0, 0.1) is 0 Å². The number of aromatic carboxylic acids is 1. The molecule has 1 aromatic carbocycles. The normalized spacial score (nSPS) is 11.0. The molecule has 2 rings (SSSR count). The molecule has 0 amide bonds. The van der Waals surface area contributed by atoms with Crippen LogP contribution in [0.3, 0.4) is 0 Å². The third-order valence-corrected chi connectivity index (χ3v) is 3.14. The molecule has 1 heterocycles. The smallest absolute Gasteiger partial charge is 0.354 e. The fraction of sp³-hybridized carbons (Fsp3) is 0.438. The van der Waals surface area contributed by atoms with Crippen LogP contribution in [0.2, 0.25) is 0 Å². The number of fused-ring (bicyclic) bond motifs is 1. The Balaban J connectivity index is 2.77. The van der Waals surface area contributed by atoms with Gasteiger partial charge in [0.1, 0.15) is 17.2 Å². The number of benzene rings is 1. The number of hydrogen-bond donors (Lipinski definition) is 2. The fourth-order valence-electron chi connectivity index (χ4n) is 2.45. The molecule has 0 spiro atoms. The lowest BCUT2D eigenvalue weighted by Gasteiger charge is -2.17. The van der Waals surface area contributed by atoms with Crippen LogP contribution in [0.1, 0.15) is 31.3 Å². The summed E-state index contributed by atoms with van der Waals surface area (Å²) in [6.45, 7) is 6.29. The van der Waals surface area contributed by atoms with Gasteiger partial charge >= 0.3 is 5.97 Å². The monoisotopic (exact) mass is 306 g/mol. The molecule has 0 radical (unpaired) electrons. The highest BCUT2D eigenvalue weighted by molar-refractivity contribution is 6.08. The van der Waals surface area contributed by atoms with Crippen molar-refractivity contribution in [2.75, 3.05) is 25.6 Å². The number of H-pyrrole nitrogens is 1. The molecule has 0 fully saturated rings. The van der Waals surface area contributed by atoms with Crippen LogP contribution >= 0.6 is 0 Å². The maximum atomic E-state index is 11.5. The Hall–Kier alpha value is -2.37. The second-order valence-electron chi connectivity index (χ2n) is 5.49. The summed E-state index contributed by atoms with van der Waals surface area (Å²) in [6.07, 6.45) is -0.0294. The molecule has 0 saturated heterocycles. The first kappa shape index (κ1) is 16.0. The standard InChI is InChI=1S/C16H22N2O4/c1-6-21-10-7-11-13(12(8-10)22-9(2)3)15(18(4)5)14(17-11)16(19)20/h7-9,17H,6H2,1-5H3,(H,19,20). The van der Waals surface area contributed by atoms with E-state index in [4.69, 9.17) is 9.47 Å². The van der Waals surface area contributed by atoms with Crippen molar-refractivity contribution in [3.63, 3.8) is 0 Å². The van der Waals surface area contributed by atoms with Gasteiger partial charge in [0.2, 0.25) is 0 Å². The number of hydrogen-bond acceptors (Lipinski definition) is 4. The number of carboxylic acids is 1. The van der Waals surface area contributed by atoms with Crippen LogP contribution in [0.25, 0.3) is 10.9 Å². The minimum Gasteiger partial charge on any atom is -0.494 e. The highest BCUT2D eigenvalue weighted by Crippen LogP contribution is 2.40. The molecule has 0 bridgehead atoms. The van der Waals surface area contributed by atoms with E-state index in [2.05, 4.69) is 4.98 Å². The lowest BCUT2D eigenvalue weighted by atomic mass is 10.1. The van der Waals surface area contributed by atoms with E-state index in [1.54, 1.807) is 17.0 Å². The predicted octanol–water partition coefficient (Wildman–Crippen LogP) is 3.12.